The summed E-state index contributed by atoms with van der Waals surface area (Å²) in [5.74, 6) is -1.03. The van der Waals surface area contributed by atoms with Gasteiger partial charge in [-0.3, -0.25) is 9.59 Å². The molecule has 6 nitrogen and oxygen atoms in total. The number of hydrogen-bond acceptors (Lipinski definition) is 6. The summed E-state index contributed by atoms with van der Waals surface area (Å²) in [6, 6.07) is 21.4. The first-order valence-electron chi connectivity index (χ1n) is 10.5. The highest BCUT2D eigenvalue weighted by Crippen LogP contribution is 2.39. The quantitative estimate of drug-likeness (QED) is 0.287. The normalized spacial score (nSPS) is 18.3. The van der Waals surface area contributed by atoms with Gasteiger partial charge >= 0.3 is 5.97 Å². The van der Waals surface area contributed by atoms with Gasteiger partial charge in [0.15, 0.2) is 10.9 Å². The van der Waals surface area contributed by atoms with Gasteiger partial charge in [0.1, 0.15) is 6.61 Å². The van der Waals surface area contributed by atoms with Crippen LogP contribution in [0.3, 0.4) is 0 Å². The third kappa shape index (κ3) is 5.12. The highest BCUT2D eigenvalue weighted by molar-refractivity contribution is 8.00. The smallest absolute Gasteiger partial charge is 0.333 e. The molecular weight excluding hydrogens is 456 g/mol. The molecule has 1 fully saturated rings. The SMILES string of the molecule is CS[C@]1(NC(=O)Cc2cccs2)CN(C(C(=O)OCc2ccccc2)c2ccccc2)C1=O. The summed E-state index contributed by atoms with van der Waals surface area (Å²) in [6.45, 7) is 0.333. The minimum Gasteiger partial charge on any atom is -0.459 e. The van der Waals surface area contributed by atoms with Crippen LogP contribution in [-0.4, -0.2) is 40.4 Å². The van der Waals surface area contributed by atoms with Crippen molar-refractivity contribution >= 4 is 40.9 Å². The van der Waals surface area contributed by atoms with Gasteiger partial charge in [0.25, 0.3) is 5.91 Å². The molecule has 8 heteroatoms. The monoisotopic (exact) mass is 480 g/mol. The molecule has 0 spiro atoms. The van der Waals surface area contributed by atoms with Crippen molar-refractivity contribution in [3.8, 4) is 0 Å². The Balaban J connectivity index is 1.48. The van der Waals surface area contributed by atoms with Gasteiger partial charge in [-0.1, -0.05) is 66.7 Å². The fraction of sp³-hybridized carbons (Fsp3) is 0.240. The van der Waals surface area contributed by atoms with Gasteiger partial charge < -0.3 is 15.0 Å². The van der Waals surface area contributed by atoms with E-state index in [1.165, 1.54) is 28.0 Å². The Morgan fingerprint density at radius 1 is 1.09 bits per heavy atom. The van der Waals surface area contributed by atoms with Crippen LogP contribution < -0.4 is 5.32 Å². The number of rotatable bonds is 9. The zero-order valence-electron chi connectivity index (χ0n) is 18.1. The molecule has 3 aromatic rings. The number of carbonyl (C=O) groups excluding carboxylic acids is 3. The van der Waals surface area contributed by atoms with Crippen molar-refractivity contribution in [2.24, 2.45) is 0 Å². The number of β-lactam (4-membered cyclic amide) rings is 1. The number of hydrogen-bond donors (Lipinski definition) is 1. The Labute approximate surface area is 200 Å². The highest BCUT2D eigenvalue weighted by Gasteiger charge is 2.56. The topological polar surface area (TPSA) is 75.7 Å². The van der Waals surface area contributed by atoms with Crippen LogP contribution in [0.5, 0.6) is 0 Å². The standard InChI is InChI=1S/C25H24N2O4S2/c1-32-25(26-21(28)15-20-13-8-14-33-20)17-27(24(25)30)22(19-11-6-3-7-12-19)23(29)31-16-18-9-4-2-5-10-18/h2-14,22H,15-17H2,1H3,(H,26,28)/t22?,25-/m1/s1. The molecular formula is C25H24N2O4S2. The van der Waals surface area contributed by atoms with E-state index in [2.05, 4.69) is 5.32 Å². The number of nitrogens with zero attached hydrogens (tertiary/aromatic N) is 1. The molecule has 0 radical (unpaired) electrons. The number of nitrogens with one attached hydrogen (secondary N) is 1. The number of ether oxygens (including phenoxy) is 1. The van der Waals surface area contributed by atoms with Crippen LogP contribution in [0.4, 0.5) is 0 Å². The van der Waals surface area contributed by atoms with Crippen molar-refractivity contribution in [3.05, 3.63) is 94.2 Å². The molecule has 0 aliphatic carbocycles. The van der Waals surface area contributed by atoms with Crippen LogP contribution in [0.2, 0.25) is 0 Å². The number of likely N-dealkylation sites (tertiary alicyclic amines) is 1. The van der Waals surface area contributed by atoms with E-state index in [1.54, 1.807) is 18.4 Å². The Bertz CT molecular complexity index is 1110. The third-order valence-corrected chi connectivity index (χ3v) is 7.46. The minimum absolute atomic E-state index is 0.121. The third-order valence-electron chi connectivity index (χ3n) is 5.48. The van der Waals surface area contributed by atoms with Crippen LogP contribution in [0.25, 0.3) is 0 Å². The van der Waals surface area contributed by atoms with Gasteiger partial charge in [0.2, 0.25) is 5.91 Å². The van der Waals surface area contributed by atoms with Gasteiger partial charge in [-0.2, -0.15) is 0 Å². The maximum Gasteiger partial charge on any atom is 0.333 e. The molecule has 2 atom stereocenters. The maximum atomic E-state index is 13.3. The van der Waals surface area contributed by atoms with E-state index >= 15 is 0 Å². The predicted octanol–water partition coefficient (Wildman–Crippen LogP) is 3.79. The Hall–Kier alpha value is -3.10. The average Bonchev–Trinajstić information content (AvgIpc) is 3.35. The van der Waals surface area contributed by atoms with Gasteiger partial charge in [0.05, 0.1) is 13.0 Å². The van der Waals surface area contributed by atoms with Crippen molar-refractivity contribution in [1.29, 1.82) is 0 Å². The molecule has 1 aliphatic rings. The number of benzene rings is 2. The number of thioether (sulfide) groups is 1. The van der Waals surface area contributed by atoms with E-state index in [-0.39, 0.29) is 31.4 Å². The zero-order valence-corrected chi connectivity index (χ0v) is 19.7. The molecule has 0 bridgehead atoms. The van der Waals surface area contributed by atoms with E-state index in [0.717, 1.165) is 10.4 Å². The van der Waals surface area contributed by atoms with E-state index in [4.69, 9.17) is 4.74 Å². The average molecular weight is 481 g/mol. The number of amides is 2. The molecule has 33 heavy (non-hydrogen) atoms. The lowest BCUT2D eigenvalue weighted by Gasteiger charge is -2.50. The first kappa shape index (κ1) is 23.1. The van der Waals surface area contributed by atoms with Crippen molar-refractivity contribution in [1.82, 2.24) is 10.2 Å². The van der Waals surface area contributed by atoms with Crippen LogP contribution in [-0.2, 0) is 32.1 Å². The van der Waals surface area contributed by atoms with Crippen molar-refractivity contribution in [2.75, 3.05) is 12.8 Å². The zero-order chi connectivity index (χ0) is 23.3. The Morgan fingerprint density at radius 2 is 1.79 bits per heavy atom. The fourth-order valence-corrected chi connectivity index (χ4v) is 5.23. The van der Waals surface area contributed by atoms with Gasteiger partial charge in [-0.25, -0.2) is 4.79 Å². The van der Waals surface area contributed by atoms with E-state index in [0.29, 0.717) is 5.56 Å². The van der Waals surface area contributed by atoms with Gasteiger partial charge in [-0.15, -0.1) is 23.1 Å². The van der Waals surface area contributed by atoms with Crippen LogP contribution >= 0.6 is 23.1 Å². The summed E-state index contributed by atoms with van der Waals surface area (Å²) in [7, 11) is 0. The Morgan fingerprint density at radius 3 is 2.39 bits per heavy atom. The molecule has 170 valence electrons. The van der Waals surface area contributed by atoms with Crippen molar-refractivity contribution in [2.45, 2.75) is 23.9 Å². The fourth-order valence-electron chi connectivity index (χ4n) is 3.75. The second kappa shape index (κ2) is 10.2. The molecule has 1 N–H and O–H groups in total. The second-order valence-corrected chi connectivity index (χ2v) is 9.81. The lowest BCUT2D eigenvalue weighted by Crippen LogP contribution is -2.73. The van der Waals surface area contributed by atoms with E-state index < -0.39 is 16.9 Å². The molecule has 4 rings (SSSR count). The molecule has 1 aliphatic heterocycles. The lowest BCUT2D eigenvalue weighted by atomic mass is 9.97. The van der Waals surface area contributed by atoms with Gasteiger partial charge in [0, 0.05) is 4.88 Å². The van der Waals surface area contributed by atoms with E-state index in [9.17, 15) is 14.4 Å². The highest BCUT2D eigenvalue weighted by atomic mass is 32.2. The first-order valence-corrected chi connectivity index (χ1v) is 12.6. The molecule has 2 amide bonds. The van der Waals surface area contributed by atoms with Gasteiger partial charge in [-0.05, 0) is 28.8 Å². The molecule has 2 aromatic carbocycles. The molecule has 2 heterocycles. The molecule has 1 aromatic heterocycles. The number of carbonyl (C=O) groups is 3. The summed E-state index contributed by atoms with van der Waals surface area (Å²) in [6.07, 6.45) is 2.00. The summed E-state index contributed by atoms with van der Waals surface area (Å²) < 4.78 is 5.58. The van der Waals surface area contributed by atoms with Crippen LogP contribution in [0.15, 0.2) is 78.2 Å². The number of esters is 1. The Kier molecular flexibility index (Phi) is 7.15. The predicted molar refractivity (Wildman–Crippen MR) is 130 cm³/mol. The summed E-state index contributed by atoms with van der Waals surface area (Å²) in [5.41, 5.74) is 1.54. The van der Waals surface area contributed by atoms with Crippen LogP contribution in [0, 0.1) is 0 Å². The first-order chi connectivity index (χ1) is 16.0. The lowest BCUT2D eigenvalue weighted by molar-refractivity contribution is -0.166. The van der Waals surface area contributed by atoms with Crippen molar-refractivity contribution < 1.29 is 19.1 Å². The molecule has 1 saturated heterocycles. The molecule has 0 saturated carbocycles. The van der Waals surface area contributed by atoms with Crippen molar-refractivity contribution in [3.63, 3.8) is 0 Å². The summed E-state index contributed by atoms with van der Waals surface area (Å²) in [5, 5.41) is 4.80. The molecule has 1 unspecified atom stereocenters. The largest absolute Gasteiger partial charge is 0.459 e. The summed E-state index contributed by atoms with van der Waals surface area (Å²) >= 11 is 2.77. The maximum absolute atomic E-state index is 13.3. The van der Waals surface area contributed by atoms with Crippen LogP contribution in [0.1, 0.15) is 22.0 Å². The summed E-state index contributed by atoms with van der Waals surface area (Å²) in [4.78, 5) is 40.4. The number of thiophene rings is 1. The minimum atomic E-state index is -1.08. The van der Waals surface area contributed by atoms with E-state index in [1.807, 2.05) is 66.0 Å². The second-order valence-electron chi connectivity index (χ2n) is 7.68.